The number of hydrogen-bond acceptors (Lipinski definition) is 7. The van der Waals surface area contributed by atoms with Crippen molar-refractivity contribution in [3.8, 4) is 0 Å². The molecule has 3 aromatic rings. The van der Waals surface area contributed by atoms with Crippen LogP contribution in [0.3, 0.4) is 0 Å². The molecule has 1 saturated heterocycles. The molecule has 4 heterocycles. The number of nitrogens with zero attached hydrogens (tertiary/aromatic N) is 3. The first-order chi connectivity index (χ1) is 13.9. The van der Waals surface area contributed by atoms with E-state index in [9.17, 15) is 18.0 Å². The highest BCUT2D eigenvalue weighted by Crippen LogP contribution is 2.26. The van der Waals surface area contributed by atoms with Gasteiger partial charge in [-0.3, -0.25) is 15.0 Å². The van der Waals surface area contributed by atoms with Gasteiger partial charge in [0.25, 0.3) is 15.6 Å². The number of hydrogen-bond donors (Lipinski definition) is 1. The Morgan fingerprint density at radius 2 is 2.24 bits per heavy atom. The zero-order valence-corrected chi connectivity index (χ0v) is 18.1. The molecule has 1 atom stereocenters. The number of carbonyl (C=O) groups is 1. The van der Waals surface area contributed by atoms with Crippen LogP contribution in [0.5, 0.6) is 0 Å². The second-order valence-electron chi connectivity index (χ2n) is 6.82. The zero-order chi connectivity index (χ0) is 20.6. The molecule has 8 nitrogen and oxygen atoms in total. The maximum absolute atomic E-state index is 12.8. The van der Waals surface area contributed by atoms with Crippen LogP contribution < -0.4 is 11.0 Å². The highest BCUT2D eigenvalue weighted by atomic mass is 32.2. The monoisotopic (exact) mass is 452 g/mol. The maximum atomic E-state index is 12.8. The van der Waals surface area contributed by atoms with E-state index in [4.69, 9.17) is 0 Å². The van der Waals surface area contributed by atoms with E-state index in [2.05, 4.69) is 10.4 Å². The number of nitrogens with one attached hydrogen (secondary N) is 1. The van der Waals surface area contributed by atoms with Crippen molar-refractivity contribution in [2.75, 3.05) is 18.5 Å². The number of piperidine rings is 1. The number of thiophene rings is 2. The zero-order valence-electron chi connectivity index (χ0n) is 15.7. The van der Waals surface area contributed by atoms with Crippen molar-refractivity contribution in [2.45, 2.75) is 30.4 Å². The largest absolute Gasteiger partial charge is 0.280 e. The third-order valence-electron chi connectivity index (χ3n) is 4.93. The molecule has 3 aromatic heterocycles. The van der Waals surface area contributed by atoms with Gasteiger partial charge in [-0.1, -0.05) is 13.0 Å². The van der Waals surface area contributed by atoms with Gasteiger partial charge < -0.3 is 0 Å². The van der Waals surface area contributed by atoms with Crippen molar-refractivity contribution < 1.29 is 13.2 Å². The summed E-state index contributed by atoms with van der Waals surface area (Å²) in [6.07, 6.45) is 3.26. The molecule has 0 aromatic carbocycles. The fourth-order valence-corrected chi connectivity index (χ4v) is 6.94. The summed E-state index contributed by atoms with van der Waals surface area (Å²) in [5.41, 5.74) is 2.26. The summed E-state index contributed by atoms with van der Waals surface area (Å²) >= 11 is 2.62. The molecule has 11 heteroatoms. The minimum absolute atomic E-state index is 0.0922. The number of aromatic nitrogens is 2. The van der Waals surface area contributed by atoms with Gasteiger partial charge in [0.05, 0.1) is 11.3 Å². The van der Waals surface area contributed by atoms with Gasteiger partial charge in [0.1, 0.15) is 15.4 Å². The van der Waals surface area contributed by atoms with Crippen LogP contribution in [0, 0.1) is 5.92 Å². The summed E-state index contributed by atoms with van der Waals surface area (Å²) in [5.74, 6) is -0.917. The van der Waals surface area contributed by atoms with E-state index in [1.165, 1.54) is 22.0 Å². The number of amides is 1. The van der Waals surface area contributed by atoms with Crippen LogP contribution >= 0.6 is 22.7 Å². The first-order valence-electron chi connectivity index (χ1n) is 9.24. The van der Waals surface area contributed by atoms with E-state index in [1.54, 1.807) is 23.6 Å². The normalized spacial score (nSPS) is 18.2. The summed E-state index contributed by atoms with van der Waals surface area (Å²) in [6.45, 7) is 2.48. The molecular weight excluding hydrogens is 432 g/mol. The summed E-state index contributed by atoms with van der Waals surface area (Å²) < 4.78 is 28.2. The number of fused-ring (bicyclic) bond motifs is 1. The van der Waals surface area contributed by atoms with Gasteiger partial charge in [0, 0.05) is 18.0 Å². The molecule has 0 unspecified atom stereocenters. The Balaban J connectivity index is 1.52. The van der Waals surface area contributed by atoms with Crippen molar-refractivity contribution in [3.05, 3.63) is 45.1 Å². The Bertz CT molecular complexity index is 1200. The fraction of sp³-hybridized carbons (Fsp3) is 0.389. The minimum Gasteiger partial charge on any atom is -0.273 e. The summed E-state index contributed by atoms with van der Waals surface area (Å²) in [6, 6.07) is 5.05. The van der Waals surface area contributed by atoms with Gasteiger partial charge >= 0.3 is 0 Å². The molecule has 1 N–H and O–H groups in total. The van der Waals surface area contributed by atoms with E-state index >= 15 is 0 Å². The molecule has 0 spiro atoms. The Morgan fingerprint density at radius 1 is 1.41 bits per heavy atom. The Morgan fingerprint density at radius 3 is 2.97 bits per heavy atom. The quantitative estimate of drug-likeness (QED) is 0.640. The van der Waals surface area contributed by atoms with Crippen molar-refractivity contribution in [3.63, 3.8) is 0 Å². The predicted octanol–water partition coefficient (Wildman–Crippen LogP) is 2.25. The van der Waals surface area contributed by atoms with E-state index in [0.717, 1.165) is 27.3 Å². The van der Waals surface area contributed by atoms with Crippen LogP contribution in [0.25, 0.3) is 10.2 Å². The number of carbonyl (C=O) groups excluding carboxylic acids is 1. The number of aryl methyl sites for hydroxylation is 1. The predicted molar refractivity (Wildman–Crippen MR) is 113 cm³/mol. The second-order valence-corrected chi connectivity index (χ2v) is 11.0. The Labute approximate surface area is 175 Å². The lowest BCUT2D eigenvalue weighted by Crippen LogP contribution is -2.45. The molecular formula is C18H20N4O4S3. The molecule has 0 bridgehead atoms. The van der Waals surface area contributed by atoms with E-state index in [0.29, 0.717) is 29.6 Å². The van der Waals surface area contributed by atoms with Crippen LogP contribution in [0.4, 0.5) is 0 Å². The molecule has 1 aliphatic heterocycles. The molecule has 29 heavy (non-hydrogen) atoms. The molecule has 0 aliphatic carbocycles. The Kier molecular flexibility index (Phi) is 5.56. The van der Waals surface area contributed by atoms with Gasteiger partial charge in [0.15, 0.2) is 0 Å². The topological polar surface area (TPSA) is 101 Å². The van der Waals surface area contributed by atoms with Crippen molar-refractivity contribution >= 4 is 48.8 Å². The van der Waals surface area contributed by atoms with Crippen molar-refractivity contribution in [1.29, 1.82) is 0 Å². The number of sulfonamides is 1. The lowest BCUT2D eigenvalue weighted by molar-refractivity contribution is -0.121. The van der Waals surface area contributed by atoms with Crippen LogP contribution in [0.1, 0.15) is 24.6 Å². The van der Waals surface area contributed by atoms with Gasteiger partial charge in [-0.05, 0) is 36.8 Å². The Hall–Kier alpha value is -2.08. The average Bonchev–Trinajstić information content (AvgIpc) is 3.40. The molecule has 1 aliphatic rings. The molecule has 0 saturated carbocycles. The first-order valence-corrected chi connectivity index (χ1v) is 12.4. The van der Waals surface area contributed by atoms with Gasteiger partial charge in [-0.15, -0.1) is 22.7 Å². The molecule has 1 amide bonds. The van der Waals surface area contributed by atoms with Crippen LogP contribution in [-0.4, -0.2) is 41.4 Å². The van der Waals surface area contributed by atoms with Crippen molar-refractivity contribution in [2.24, 2.45) is 5.92 Å². The maximum Gasteiger partial charge on any atom is 0.280 e. The highest BCUT2D eigenvalue weighted by molar-refractivity contribution is 7.91. The first kappa shape index (κ1) is 20.2. The average molecular weight is 453 g/mol. The lowest BCUT2D eigenvalue weighted by Gasteiger charge is -2.30. The van der Waals surface area contributed by atoms with Gasteiger partial charge in [0.2, 0.25) is 5.91 Å². The van der Waals surface area contributed by atoms with Gasteiger partial charge in [-0.25, -0.2) is 18.1 Å². The summed E-state index contributed by atoms with van der Waals surface area (Å²) in [5, 5.41) is 2.19. The molecule has 154 valence electrons. The van der Waals surface area contributed by atoms with E-state index in [-0.39, 0.29) is 22.2 Å². The SMILES string of the molecule is CCc1cc2c(=O)n(NC(=O)[C@H]3CCCN(S(=O)(=O)c4cccs4)C3)cnc2s1. The number of rotatable bonds is 5. The molecule has 4 rings (SSSR count). The smallest absolute Gasteiger partial charge is 0.273 e. The van der Waals surface area contributed by atoms with Gasteiger partial charge in [-0.2, -0.15) is 4.31 Å². The van der Waals surface area contributed by atoms with Crippen LogP contribution in [0.15, 0.2) is 38.9 Å². The summed E-state index contributed by atoms with van der Waals surface area (Å²) in [4.78, 5) is 31.4. The van der Waals surface area contributed by atoms with E-state index < -0.39 is 15.9 Å². The highest BCUT2D eigenvalue weighted by Gasteiger charge is 2.34. The fourth-order valence-electron chi connectivity index (χ4n) is 3.35. The van der Waals surface area contributed by atoms with Crippen molar-refractivity contribution in [1.82, 2.24) is 14.0 Å². The molecule has 1 fully saturated rings. The van der Waals surface area contributed by atoms with Crippen LogP contribution in [-0.2, 0) is 21.2 Å². The third-order valence-corrected chi connectivity index (χ3v) is 9.35. The van der Waals surface area contributed by atoms with E-state index in [1.807, 2.05) is 6.92 Å². The third kappa shape index (κ3) is 3.87. The second kappa shape index (κ2) is 7.98. The lowest BCUT2D eigenvalue weighted by atomic mass is 9.99. The minimum atomic E-state index is -3.60. The van der Waals surface area contributed by atoms with Crippen LogP contribution in [0.2, 0.25) is 0 Å². The summed E-state index contributed by atoms with van der Waals surface area (Å²) in [7, 11) is -3.60. The standard InChI is InChI=1S/C18H20N4O4S3/c1-2-13-9-14-17(28-13)19-11-22(18(14)24)20-16(23)12-5-3-7-21(10-12)29(25,26)15-6-4-8-27-15/h4,6,8-9,11-12H,2-3,5,7,10H2,1H3,(H,20,23)/t12-/m0/s1. The molecule has 0 radical (unpaired) electrons.